The fraction of sp³-hybridized carbons (Fsp3) is 0.269. The maximum atomic E-state index is 12.6. The van der Waals surface area contributed by atoms with E-state index in [1.54, 1.807) is 24.3 Å². The summed E-state index contributed by atoms with van der Waals surface area (Å²) >= 11 is 0. The second kappa shape index (κ2) is 11.2. The highest BCUT2D eigenvalue weighted by Gasteiger charge is 2.21. The number of carbonyl (C=O) groups is 1. The molecule has 1 N–H and O–H groups in total. The second-order valence-corrected chi connectivity index (χ2v) is 10.1. The molecule has 1 amide bonds. The first-order chi connectivity index (χ1) is 16.9. The molecule has 1 aliphatic heterocycles. The number of ether oxygens (including phenoxy) is 2. The van der Waals surface area contributed by atoms with Gasteiger partial charge in [-0.15, -0.1) is 0 Å². The molecule has 0 bridgehead atoms. The summed E-state index contributed by atoms with van der Waals surface area (Å²) in [5.74, 6) is 0.855. The van der Waals surface area contributed by atoms with Gasteiger partial charge < -0.3 is 19.7 Å². The normalized spacial score (nSPS) is 13.8. The summed E-state index contributed by atoms with van der Waals surface area (Å²) in [5.41, 5.74) is 2.44. The van der Waals surface area contributed by atoms with Crippen molar-refractivity contribution in [3.63, 3.8) is 0 Å². The number of benzene rings is 3. The number of amides is 1. The Morgan fingerprint density at radius 2 is 1.57 bits per heavy atom. The van der Waals surface area contributed by atoms with Gasteiger partial charge in [0.25, 0.3) is 0 Å². The van der Waals surface area contributed by atoms with Gasteiger partial charge in [0.15, 0.2) is 0 Å². The number of sulfonamides is 1. The summed E-state index contributed by atoms with van der Waals surface area (Å²) < 4.78 is 37.0. The summed E-state index contributed by atoms with van der Waals surface area (Å²) in [5, 5.41) is 2.81. The topological polar surface area (TPSA) is 88.2 Å². The number of anilines is 2. The summed E-state index contributed by atoms with van der Waals surface area (Å²) in [6.45, 7) is 3.15. The molecule has 9 heteroatoms. The monoisotopic (exact) mass is 495 g/mol. The number of rotatable bonds is 9. The first-order valence-electron chi connectivity index (χ1n) is 11.4. The zero-order valence-corrected chi connectivity index (χ0v) is 20.4. The number of nitrogens with one attached hydrogen (secondary N) is 1. The lowest BCUT2D eigenvalue weighted by atomic mass is 10.2. The van der Waals surface area contributed by atoms with E-state index in [1.165, 1.54) is 0 Å². The van der Waals surface area contributed by atoms with Crippen molar-refractivity contribution >= 4 is 27.3 Å². The average molecular weight is 496 g/mol. The first kappa shape index (κ1) is 24.6. The van der Waals surface area contributed by atoms with Crippen molar-refractivity contribution in [3.8, 4) is 11.5 Å². The van der Waals surface area contributed by atoms with Crippen molar-refractivity contribution in [1.29, 1.82) is 0 Å². The predicted octanol–water partition coefficient (Wildman–Crippen LogP) is 3.40. The van der Waals surface area contributed by atoms with E-state index < -0.39 is 15.9 Å². The van der Waals surface area contributed by atoms with Gasteiger partial charge >= 0.3 is 0 Å². The number of para-hydroxylation sites is 1. The van der Waals surface area contributed by atoms with Crippen molar-refractivity contribution in [3.05, 3.63) is 84.4 Å². The molecule has 0 aromatic heterocycles. The van der Waals surface area contributed by atoms with Crippen LogP contribution in [-0.2, 0) is 26.1 Å². The van der Waals surface area contributed by atoms with Gasteiger partial charge in [0, 0.05) is 25.3 Å². The molecular formula is C26H29N3O5S. The van der Waals surface area contributed by atoms with E-state index in [4.69, 9.17) is 9.47 Å². The van der Waals surface area contributed by atoms with E-state index in [-0.39, 0.29) is 6.54 Å². The molecule has 1 saturated heterocycles. The van der Waals surface area contributed by atoms with Gasteiger partial charge in [0.2, 0.25) is 15.9 Å². The van der Waals surface area contributed by atoms with Crippen molar-refractivity contribution in [2.45, 2.75) is 6.54 Å². The van der Waals surface area contributed by atoms with E-state index >= 15 is 0 Å². The molecule has 0 atom stereocenters. The van der Waals surface area contributed by atoms with Gasteiger partial charge in [-0.05, 0) is 54.1 Å². The average Bonchev–Trinajstić information content (AvgIpc) is 2.87. The Hall–Kier alpha value is -3.56. The first-order valence-corrected chi connectivity index (χ1v) is 13.2. The highest BCUT2D eigenvalue weighted by Crippen LogP contribution is 2.25. The molecule has 0 saturated carbocycles. The molecular weight excluding hydrogens is 466 g/mol. The second-order valence-electron chi connectivity index (χ2n) is 8.22. The van der Waals surface area contributed by atoms with Crippen LogP contribution in [0.25, 0.3) is 0 Å². The predicted molar refractivity (Wildman–Crippen MR) is 136 cm³/mol. The molecule has 0 unspecified atom stereocenters. The fourth-order valence-corrected chi connectivity index (χ4v) is 4.59. The zero-order valence-electron chi connectivity index (χ0n) is 19.6. The van der Waals surface area contributed by atoms with Gasteiger partial charge in [0.1, 0.15) is 18.0 Å². The smallest absolute Gasteiger partial charge is 0.241 e. The van der Waals surface area contributed by atoms with E-state index in [2.05, 4.69) is 10.2 Å². The molecule has 4 rings (SSSR count). The molecule has 35 heavy (non-hydrogen) atoms. The van der Waals surface area contributed by atoms with Crippen LogP contribution in [0.2, 0.25) is 0 Å². The molecule has 184 valence electrons. The number of morpholine rings is 1. The molecule has 8 nitrogen and oxygen atoms in total. The van der Waals surface area contributed by atoms with Gasteiger partial charge in [0.05, 0.1) is 25.2 Å². The summed E-state index contributed by atoms with van der Waals surface area (Å²) in [7, 11) is -3.67. The number of nitrogens with zero attached hydrogens (tertiary/aromatic N) is 2. The third kappa shape index (κ3) is 6.97. The minimum Gasteiger partial charge on any atom is -0.457 e. The third-order valence-corrected chi connectivity index (χ3v) is 6.73. The van der Waals surface area contributed by atoms with Crippen LogP contribution in [-0.4, -0.2) is 53.4 Å². The number of carbonyl (C=O) groups excluding carboxylic acids is 1. The number of hydrogen-bond acceptors (Lipinski definition) is 6. The van der Waals surface area contributed by atoms with Gasteiger partial charge in [-0.25, -0.2) is 8.42 Å². The van der Waals surface area contributed by atoms with Crippen LogP contribution >= 0.6 is 0 Å². The highest BCUT2D eigenvalue weighted by atomic mass is 32.2. The molecule has 1 heterocycles. The fourth-order valence-electron chi connectivity index (χ4n) is 3.74. The largest absolute Gasteiger partial charge is 0.457 e. The van der Waals surface area contributed by atoms with Gasteiger partial charge in [-0.3, -0.25) is 9.10 Å². The standard InChI is InChI=1S/C26H29N3O5S/c1-35(31,32)29(23-11-13-25(14-12-23)34-24-5-3-2-4-6-24)20-26(30)27-19-21-7-9-22(10-8-21)28-15-17-33-18-16-28/h2-14H,15-20H2,1H3,(H,27,30). The Bertz CT molecular complexity index is 1210. The van der Waals surface area contributed by atoms with Crippen molar-refractivity contribution in [2.24, 2.45) is 0 Å². The highest BCUT2D eigenvalue weighted by molar-refractivity contribution is 7.92. The maximum Gasteiger partial charge on any atom is 0.241 e. The van der Waals surface area contributed by atoms with Crippen molar-refractivity contribution < 1.29 is 22.7 Å². The molecule has 0 spiro atoms. The van der Waals surface area contributed by atoms with Crippen LogP contribution in [0.15, 0.2) is 78.9 Å². The minimum absolute atomic E-state index is 0.309. The minimum atomic E-state index is -3.67. The van der Waals surface area contributed by atoms with E-state index in [1.807, 2.05) is 54.6 Å². The van der Waals surface area contributed by atoms with Crippen LogP contribution in [0.4, 0.5) is 11.4 Å². The molecule has 3 aromatic carbocycles. The Balaban J connectivity index is 1.35. The quantitative estimate of drug-likeness (QED) is 0.490. The van der Waals surface area contributed by atoms with Gasteiger partial charge in [-0.2, -0.15) is 0 Å². The van der Waals surface area contributed by atoms with Crippen LogP contribution in [0.3, 0.4) is 0 Å². The molecule has 0 aliphatic carbocycles. The van der Waals surface area contributed by atoms with Crippen LogP contribution in [0.1, 0.15) is 5.56 Å². The van der Waals surface area contributed by atoms with Crippen LogP contribution in [0.5, 0.6) is 11.5 Å². The molecule has 0 radical (unpaired) electrons. The molecule has 1 fully saturated rings. The van der Waals surface area contributed by atoms with Crippen LogP contribution in [0, 0.1) is 0 Å². The van der Waals surface area contributed by atoms with Gasteiger partial charge in [-0.1, -0.05) is 30.3 Å². The Labute approximate surface area is 206 Å². The van der Waals surface area contributed by atoms with Crippen LogP contribution < -0.4 is 19.3 Å². The van der Waals surface area contributed by atoms with Crippen molar-refractivity contribution in [1.82, 2.24) is 5.32 Å². The SMILES string of the molecule is CS(=O)(=O)N(CC(=O)NCc1ccc(N2CCOCC2)cc1)c1ccc(Oc2ccccc2)cc1. The molecule has 3 aromatic rings. The summed E-state index contributed by atoms with van der Waals surface area (Å²) in [6.07, 6.45) is 1.08. The maximum absolute atomic E-state index is 12.6. The zero-order chi connectivity index (χ0) is 24.7. The third-order valence-electron chi connectivity index (χ3n) is 5.59. The Morgan fingerprint density at radius 1 is 0.943 bits per heavy atom. The summed E-state index contributed by atoms with van der Waals surface area (Å²) in [4.78, 5) is 14.9. The van der Waals surface area contributed by atoms with E-state index in [0.29, 0.717) is 23.7 Å². The Morgan fingerprint density at radius 3 is 2.20 bits per heavy atom. The molecule has 1 aliphatic rings. The number of hydrogen-bond donors (Lipinski definition) is 1. The van der Waals surface area contributed by atoms with E-state index in [9.17, 15) is 13.2 Å². The lowest BCUT2D eigenvalue weighted by Gasteiger charge is -2.29. The lowest BCUT2D eigenvalue weighted by Crippen LogP contribution is -2.40. The van der Waals surface area contributed by atoms with E-state index in [0.717, 1.165) is 48.1 Å². The lowest BCUT2D eigenvalue weighted by molar-refractivity contribution is -0.119. The van der Waals surface area contributed by atoms with Crippen molar-refractivity contribution in [2.75, 3.05) is 48.3 Å². The Kier molecular flexibility index (Phi) is 7.89. The summed E-state index contributed by atoms with van der Waals surface area (Å²) in [6, 6.07) is 23.9.